The highest BCUT2D eigenvalue weighted by atomic mass is 35.5. The zero-order chi connectivity index (χ0) is 54.4. The van der Waals surface area contributed by atoms with Gasteiger partial charge in [0.2, 0.25) is 11.0 Å². The number of aryl methyl sites for hydroxylation is 2. The van der Waals surface area contributed by atoms with Gasteiger partial charge >= 0.3 is 0 Å². The molecule has 0 fully saturated rings. The minimum atomic E-state index is -4.86. The summed E-state index contributed by atoms with van der Waals surface area (Å²) in [5.41, 5.74) is 2.75. The second-order valence-corrected chi connectivity index (χ2v) is 24.9. The van der Waals surface area contributed by atoms with Crippen molar-refractivity contribution in [2.75, 3.05) is 23.9 Å². The van der Waals surface area contributed by atoms with Crippen molar-refractivity contribution in [3.05, 3.63) is 94.0 Å². The van der Waals surface area contributed by atoms with Gasteiger partial charge in [0, 0.05) is 26.9 Å². The largest absolute Gasteiger partial charge is 0.493 e. The number of thiazole rings is 1. The highest BCUT2D eigenvalue weighted by Gasteiger charge is 2.24. The first-order chi connectivity index (χ1) is 35.2. The molecule has 0 saturated heterocycles. The summed E-state index contributed by atoms with van der Waals surface area (Å²) >= 11 is 8.14. The van der Waals surface area contributed by atoms with Gasteiger partial charge in [-0.15, -0.1) is 37.3 Å². The topological polar surface area (TPSA) is 375 Å². The van der Waals surface area contributed by atoms with Gasteiger partial charge in [0.1, 0.15) is 33.5 Å². The molecule has 8 rings (SSSR count). The number of azo groups is 3. The number of rotatable bonds is 18. The minimum Gasteiger partial charge on any atom is -0.493 e. The van der Waals surface area contributed by atoms with Crippen LogP contribution in [0.5, 0.6) is 11.6 Å². The Balaban J connectivity index is 1.17. The molecule has 0 saturated carbocycles. The zero-order valence-corrected chi connectivity index (χ0v) is 44.5. The lowest BCUT2D eigenvalue weighted by molar-refractivity contribution is 0.317. The van der Waals surface area contributed by atoms with Gasteiger partial charge < -0.3 is 9.84 Å². The highest BCUT2D eigenvalue weighted by Crippen LogP contribution is 2.44. The van der Waals surface area contributed by atoms with Crippen LogP contribution in [-0.4, -0.2) is 95.2 Å². The number of fused-ring (bicyclic) bond motifs is 6. The van der Waals surface area contributed by atoms with Gasteiger partial charge in [0.15, 0.2) is 11.3 Å². The van der Waals surface area contributed by atoms with E-state index in [9.17, 15) is 62.3 Å². The van der Waals surface area contributed by atoms with Crippen molar-refractivity contribution in [2.45, 2.75) is 48.3 Å². The van der Waals surface area contributed by atoms with E-state index in [1.165, 1.54) is 22.6 Å². The number of ether oxygens (including phenoxy) is 1. The molecule has 3 heterocycles. The highest BCUT2D eigenvalue weighted by molar-refractivity contribution is 7.99. The number of aromatic nitrogens is 3. The van der Waals surface area contributed by atoms with E-state index < -0.39 is 61.8 Å². The van der Waals surface area contributed by atoms with Crippen molar-refractivity contribution < 1.29 is 61.7 Å². The number of nitriles is 1. The maximum Gasteiger partial charge on any atom is 0.296 e. The van der Waals surface area contributed by atoms with Gasteiger partial charge in [-0.3, -0.25) is 22.6 Å². The van der Waals surface area contributed by atoms with Crippen LogP contribution in [0.3, 0.4) is 0 Å². The summed E-state index contributed by atoms with van der Waals surface area (Å²) in [4.78, 5) is 8.10. The van der Waals surface area contributed by atoms with Gasteiger partial charge in [-0.2, -0.15) is 44.0 Å². The Hall–Kier alpha value is -6.63. The molecule has 0 aliphatic rings. The summed E-state index contributed by atoms with van der Waals surface area (Å²) in [6, 6.07) is 17.5. The van der Waals surface area contributed by atoms with Crippen LogP contribution < -0.4 is 4.74 Å². The molecule has 0 spiro atoms. The Morgan fingerprint density at radius 3 is 2.08 bits per heavy atom. The van der Waals surface area contributed by atoms with E-state index in [2.05, 4.69) is 46.7 Å². The van der Waals surface area contributed by atoms with Gasteiger partial charge in [0.25, 0.3) is 40.5 Å². The van der Waals surface area contributed by atoms with E-state index >= 15 is 0 Å². The molecule has 0 aliphatic heterocycles. The SMILES string of the molecule is Cc1cc(N=Nc2cc(OCCCS(=O)(=O)O)c(N=Nc3c(C)c(C#N)c4nc5cc(Cl)ccc5n4c3O)cc2C)c(SCCCS(=O)(=O)O)cc1N=Nc1nc2c(S(=O)(=O)O)cc3ccc(S(=O)(=O)O)cc3c2s1. The van der Waals surface area contributed by atoms with Gasteiger partial charge in [-0.25, -0.2) is 9.97 Å². The summed E-state index contributed by atoms with van der Waals surface area (Å²) in [7, 11) is -18.2. The molecule has 0 bridgehead atoms. The number of aromatic hydroxyl groups is 1. The second kappa shape index (κ2) is 21.2. The van der Waals surface area contributed by atoms with E-state index in [-0.39, 0.29) is 108 Å². The number of imidazole rings is 1. The van der Waals surface area contributed by atoms with Crippen LogP contribution in [-0.2, 0) is 40.5 Å². The smallest absolute Gasteiger partial charge is 0.296 e. The third kappa shape index (κ3) is 12.4. The molecule has 31 heteroatoms. The summed E-state index contributed by atoms with van der Waals surface area (Å²) in [6.45, 7) is 4.65. The Labute approximate surface area is 439 Å². The molecule has 0 amide bonds. The monoisotopic (exact) mass is 1160 g/mol. The lowest BCUT2D eigenvalue weighted by atomic mass is 10.1. The first kappa shape index (κ1) is 54.6. The number of pyridine rings is 1. The third-order valence-electron chi connectivity index (χ3n) is 11.0. The fourth-order valence-corrected chi connectivity index (χ4v) is 11.9. The van der Waals surface area contributed by atoms with E-state index in [0.29, 0.717) is 32.1 Å². The Morgan fingerprint density at radius 1 is 0.747 bits per heavy atom. The average molecular weight is 1160 g/mol. The Morgan fingerprint density at radius 2 is 1.40 bits per heavy atom. The van der Waals surface area contributed by atoms with Crippen molar-refractivity contribution in [1.29, 1.82) is 5.26 Å². The molecule has 0 aliphatic carbocycles. The summed E-state index contributed by atoms with van der Waals surface area (Å²) in [5, 5.41) is 48.6. The van der Waals surface area contributed by atoms with Gasteiger partial charge in [-0.1, -0.05) is 29.0 Å². The molecule has 8 aromatic rings. The van der Waals surface area contributed by atoms with Gasteiger partial charge in [-0.05, 0) is 110 Å². The molecule has 390 valence electrons. The molecule has 3 aromatic heterocycles. The molecule has 0 radical (unpaired) electrons. The number of hydrogen-bond donors (Lipinski definition) is 5. The number of halogens is 1. The van der Waals surface area contributed by atoms with Crippen LogP contribution in [0.25, 0.3) is 37.7 Å². The molecular weight excluding hydrogens is 1120 g/mol. The summed E-state index contributed by atoms with van der Waals surface area (Å²) < 4.78 is 141. The summed E-state index contributed by atoms with van der Waals surface area (Å²) in [5.74, 6) is -1.38. The van der Waals surface area contributed by atoms with Gasteiger partial charge in [0.05, 0.1) is 55.8 Å². The van der Waals surface area contributed by atoms with Crippen molar-refractivity contribution >= 4 is 146 Å². The third-order valence-corrected chi connectivity index (χ3v) is 16.7. The zero-order valence-electron chi connectivity index (χ0n) is 38.8. The average Bonchev–Trinajstić information content (AvgIpc) is 3.92. The van der Waals surface area contributed by atoms with Crippen molar-refractivity contribution in [1.82, 2.24) is 14.4 Å². The number of nitrogens with zero attached hydrogens (tertiary/aromatic N) is 10. The lowest BCUT2D eigenvalue weighted by Gasteiger charge is -2.12. The maximum absolute atomic E-state index is 12.4. The van der Waals surface area contributed by atoms with Crippen LogP contribution in [0.2, 0.25) is 5.02 Å². The minimum absolute atomic E-state index is 0.0179. The normalized spacial score (nSPS) is 12.9. The quantitative estimate of drug-likeness (QED) is 0.0230. The molecule has 0 unspecified atom stereocenters. The van der Waals surface area contributed by atoms with Crippen LogP contribution in [0.4, 0.5) is 33.6 Å². The first-order valence-corrected chi connectivity index (χ1v) is 29.7. The molecule has 0 atom stereocenters. The number of hydrogen-bond acceptors (Lipinski definition) is 21. The predicted octanol–water partition coefficient (Wildman–Crippen LogP) is 11.2. The van der Waals surface area contributed by atoms with E-state index in [1.807, 2.05) is 0 Å². The molecular formula is C44H37ClN10O14S6. The maximum atomic E-state index is 12.4. The van der Waals surface area contributed by atoms with E-state index in [4.69, 9.17) is 16.3 Å². The number of thioether (sulfide) groups is 1. The first-order valence-electron chi connectivity index (χ1n) is 21.4. The molecule has 75 heavy (non-hydrogen) atoms. The second-order valence-electron chi connectivity index (χ2n) is 16.4. The van der Waals surface area contributed by atoms with Crippen LogP contribution >= 0.6 is 34.7 Å². The fourth-order valence-electron chi connectivity index (χ4n) is 7.46. The van der Waals surface area contributed by atoms with E-state index in [0.717, 1.165) is 41.3 Å². The fraction of sp³-hybridized carbons (Fsp3) is 0.205. The number of benzene rings is 5. The molecule has 24 nitrogen and oxygen atoms in total. The molecule has 5 N–H and O–H groups in total. The van der Waals surface area contributed by atoms with Crippen molar-refractivity contribution in [2.24, 2.45) is 30.7 Å². The van der Waals surface area contributed by atoms with Crippen molar-refractivity contribution in [3.8, 4) is 17.7 Å². The predicted molar refractivity (Wildman–Crippen MR) is 279 cm³/mol. The van der Waals surface area contributed by atoms with Crippen LogP contribution in [0.15, 0.2) is 112 Å². The van der Waals surface area contributed by atoms with Crippen molar-refractivity contribution in [3.63, 3.8) is 0 Å². The Kier molecular flexibility index (Phi) is 15.4. The van der Waals surface area contributed by atoms with Crippen LogP contribution in [0, 0.1) is 32.1 Å². The molecule has 5 aromatic carbocycles. The lowest BCUT2D eigenvalue weighted by Crippen LogP contribution is -2.08. The van der Waals surface area contributed by atoms with E-state index in [1.54, 1.807) is 51.1 Å². The standard InChI is InChI=1S/C44H37ClN10O14S6/c1-22-14-33(51-53-39-24(3)29(21-46)42-47-32-17-26(45)7-9-35(32)55(42)43(39)56)36(69-10-4-12-72(57,58)59)19-30(22)49-52-34-15-23(2)31(20-37(34)70-11-5-13-73(60,61)62)50-54-44-48-40-38(75(66,67)68)16-25-6-8-27(74(63,64)65)18-28(25)41(40)71-44/h6-9,14-20,56H,4-5,10-13H2,1-3H3,(H,57,58,59)(H,60,61,62)(H,63,64,65)(H,66,67,68). The Bertz CT molecular complexity index is 4290. The summed E-state index contributed by atoms with van der Waals surface area (Å²) in [6.07, 6.45) is -0.121. The van der Waals surface area contributed by atoms with Crippen LogP contribution in [0.1, 0.15) is 35.1 Å².